The quantitative estimate of drug-likeness (QED) is 0.568. The molecule has 0 unspecified atom stereocenters. The third-order valence-corrected chi connectivity index (χ3v) is 2.36. The largest absolute Gasteiger partial charge is 0.382 e. The molecule has 1 N–H and O–H groups in total. The highest BCUT2D eigenvalue weighted by Gasteiger charge is 2.10. The number of nitrogens with zero attached hydrogens (tertiary/aromatic N) is 1. The Labute approximate surface area is 100 Å². The summed E-state index contributed by atoms with van der Waals surface area (Å²) in [5.74, 6) is 0.594. The van der Waals surface area contributed by atoms with Crippen molar-refractivity contribution >= 4 is 5.91 Å². The first-order valence-corrected chi connectivity index (χ1v) is 5.46. The van der Waals surface area contributed by atoms with E-state index in [9.17, 15) is 4.79 Å². The van der Waals surface area contributed by atoms with Gasteiger partial charge in [0.05, 0.1) is 18.9 Å². The van der Waals surface area contributed by atoms with Gasteiger partial charge in [0.1, 0.15) is 5.76 Å². The van der Waals surface area contributed by atoms with Crippen molar-refractivity contribution in [1.29, 1.82) is 0 Å². The van der Waals surface area contributed by atoms with E-state index >= 15 is 0 Å². The van der Waals surface area contributed by atoms with Crippen LogP contribution in [0.5, 0.6) is 0 Å². The Morgan fingerprint density at radius 3 is 2.76 bits per heavy atom. The van der Waals surface area contributed by atoms with Crippen molar-refractivity contribution in [2.75, 3.05) is 20.3 Å². The Morgan fingerprint density at radius 2 is 2.18 bits per heavy atom. The maximum atomic E-state index is 11.4. The minimum Gasteiger partial charge on any atom is -0.382 e. The molecule has 0 aliphatic rings. The van der Waals surface area contributed by atoms with Gasteiger partial charge in [-0.05, 0) is 20.3 Å². The molecule has 1 rings (SSSR count). The minimum absolute atomic E-state index is 0.166. The molecule has 0 fully saturated rings. The van der Waals surface area contributed by atoms with Crippen LogP contribution in [-0.2, 0) is 20.8 Å². The van der Waals surface area contributed by atoms with Gasteiger partial charge in [0.25, 0.3) is 0 Å². The van der Waals surface area contributed by atoms with Gasteiger partial charge < -0.3 is 9.26 Å². The van der Waals surface area contributed by atoms with Crippen molar-refractivity contribution in [3.8, 4) is 0 Å². The fraction of sp³-hybridized carbons (Fsp3) is 0.636. The van der Waals surface area contributed by atoms with Crippen LogP contribution in [0.4, 0.5) is 0 Å². The van der Waals surface area contributed by atoms with Crippen molar-refractivity contribution in [2.24, 2.45) is 0 Å². The fourth-order valence-electron chi connectivity index (χ4n) is 1.40. The number of ether oxygens (including phenoxy) is 1. The molecule has 6 heteroatoms. The summed E-state index contributed by atoms with van der Waals surface area (Å²) in [6, 6.07) is 0. The van der Waals surface area contributed by atoms with E-state index in [-0.39, 0.29) is 5.91 Å². The number of aryl methyl sites for hydroxylation is 2. The molecule has 0 aromatic carbocycles. The van der Waals surface area contributed by atoms with Crippen LogP contribution in [0, 0.1) is 13.8 Å². The molecule has 1 aromatic heterocycles. The first-order chi connectivity index (χ1) is 8.15. The van der Waals surface area contributed by atoms with Gasteiger partial charge in [-0.2, -0.15) is 0 Å². The standard InChI is InChI=1S/C11H18N2O4/c1-8-10(9(2)17-12-8)4-5-11(14)13-16-7-6-15-3/h4-7H2,1-3H3,(H,13,14). The Hall–Kier alpha value is -1.40. The predicted molar refractivity (Wildman–Crippen MR) is 60.3 cm³/mol. The van der Waals surface area contributed by atoms with Crippen LogP contribution >= 0.6 is 0 Å². The second kappa shape index (κ2) is 7.03. The lowest BCUT2D eigenvalue weighted by Gasteiger charge is -2.05. The second-order valence-corrected chi connectivity index (χ2v) is 3.67. The molecule has 0 atom stereocenters. The number of hydrogen-bond donors (Lipinski definition) is 1. The number of amides is 1. The lowest BCUT2D eigenvalue weighted by atomic mass is 10.1. The molecule has 0 radical (unpaired) electrons. The van der Waals surface area contributed by atoms with Gasteiger partial charge in [0.15, 0.2) is 0 Å². The number of hydroxylamine groups is 1. The van der Waals surface area contributed by atoms with Crippen LogP contribution in [0.3, 0.4) is 0 Å². The normalized spacial score (nSPS) is 10.5. The number of methoxy groups -OCH3 is 1. The number of hydrogen-bond acceptors (Lipinski definition) is 5. The van der Waals surface area contributed by atoms with Gasteiger partial charge in [0.2, 0.25) is 5.91 Å². The van der Waals surface area contributed by atoms with E-state index in [0.717, 1.165) is 17.0 Å². The summed E-state index contributed by atoms with van der Waals surface area (Å²) in [7, 11) is 1.57. The lowest BCUT2D eigenvalue weighted by molar-refractivity contribution is -0.134. The summed E-state index contributed by atoms with van der Waals surface area (Å²) in [6.07, 6.45) is 0.941. The van der Waals surface area contributed by atoms with E-state index in [1.807, 2.05) is 13.8 Å². The average molecular weight is 242 g/mol. The smallest absolute Gasteiger partial charge is 0.243 e. The molecule has 1 aromatic rings. The molecule has 0 bridgehead atoms. The number of aromatic nitrogens is 1. The van der Waals surface area contributed by atoms with Crippen molar-refractivity contribution in [3.63, 3.8) is 0 Å². The summed E-state index contributed by atoms with van der Waals surface area (Å²) >= 11 is 0. The second-order valence-electron chi connectivity index (χ2n) is 3.67. The Balaban J connectivity index is 2.24. The highest BCUT2D eigenvalue weighted by atomic mass is 16.7. The molecule has 0 saturated heterocycles. The Bertz CT molecular complexity index is 343. The molecule has 6 nitrogen and oxygen atoms in total. The maximum Gasteiger partial charge on any atom is 0.243 e. The van der Waals surface area contributed by atoms with Crippen molar-refractivity contribution in [1.82, 2.24) is 10.6 Å². The van der Waals surface area contributed by atoms with Crippen LogP contribution in [0.1, 0.15) is 23.4 Å². The van der Waals surface area contributed by atoms with E-state index in [1.54, 1.807) is 7.11 Å². The van der Waals surface area contributed by atoms with E-state index in [4.69, 9.17) is 14.1 Å². The van der Waals surface area contributed by atoms with E-state index < -0.39 is 0 Å². The first kappa shape index (κ1) is 13.7. The topological polar surface area (TPSA) is 73.6 Å². The maximum absolute atomic E-state index is 11.4. The molecule has 0 aliphatic carbocycles. The monoisotopic (exact) mass is 242 g/mol. The molecule has 0 saturated carbocycles. The van der Waals surface area contributed by atoms with Crippen LogP contribution < -0.4 is 5.48 Å². The van der Waals surface area contributed by atoms with Crippen LogP contribution in [0.2, 0.25) is 0 Å². The Morgan fingerprint density at radius 1 is 1.41 bits per heavy atom. The summed E-state index contributed by atoms with van der Waals surface area (Å²) in [6.45, 7) is 4.48. The van der Waals surface area contributed by atoms with Gasteiger partial charge in [-0.1, -0.05) is 5.16 Å². The summed E-state index contributed by atoms with van der Waals surface area (Å²) in [5.41, 5.74) is 4.16. The summed E-state index contributed by atoms with van der Waals surface area (Å²) < 4.78 is 9.79. The van der Waals surface area contributed by atoms with Gasteiger partial charge in [-0.15, -0.1) is 0 Å². The summed E-state index contributed by atoms with van der Waals surface area (Å²) in [4.78, 5) is 16.3. The Kier molecular flexibility index (Phi) is 5.65. The third-order valence-electron chi connectivity index (χ3n) is 2.36. The van der Waals surface area contributed by atoms with Crippen molar-refractivity contribution in [3.05, 3.63) is 17.0 Å². The van der Waals surface area contributed by atoms with Gasteiger partial charge in [-0.25, -0.2) is 5.48 Å². The van der Waals surface area contributed by atoms with Crippen molar-refractivity contribution < 1.29 is 18.9 Å². The minimum atomic E-state index is -0.166. The zero-order chi connectivity index (χ0) is 12.7. The highest BCUT2D eigenvalue weighted by Crippen LogP contribution is 2.13. The highest BCUT2D eigenvalue weighted by molar-refractivity contribution is 5.75. The SMILES string of the molecule is COCCONC(=O)CCc1c(C)noc1C. The predicted octanol–water partition coefficient (Wildman–Crippen LogP) is 0.918. The number of nitrogens with one attached hydrogen (secondary N) is 1. The number of carbonyl (C=O) groups is 1. The molecule has 1 amide bonds. The van der Waals surface area contributed by atoms with E-state index in [1.165, 1.54) is 0 Å². The van der Waals surface area contributed by atoms with Crippen LogP contribution in [0.15, 0.2) is 4.52 Å². The summed E-state index contributed by atoms with van der Waals surface area (Å²) in [5, 5.41) is 3.83. The van der Waals surface area contributed by atoms with Crippen LogP contribution in [-0.4, -0.2) is 31.4 Å². The molecule has 0 aliphatic heterocycles. The zero-order valence-corrected chi connectivity index (χ0v) is 10.4. The number of rotatable bonds is 7. The lowest BCUT2D eigenvalue weighted by Crippen LogP contribution is -2.25. The average Bonchev–Trinajstić information content (AvgIpc) is 2.62. The molecule has 0 spiro atoms. The molecule has 17 heavy (non-hydrogen) atoms. The zero-order valence-electron chi connectivity index (χ0n) is 10.4. The fourth-order valence-corrected chi connectivity index (χ4v) is 1.40. The third kappa shape index (κ3) is 4.54. The van der Waals surface area contributed by atoms with Gasteiger partial charge in [0, 0.05) is 19.1 Å². The van der Waals surface area contributed by atoms with Gasteiger partial charge in [-0.3, -0.25) is 9.63 Å². The van der Waals surface area contributed by atoms with E-state index in [2.05, 4.69) is 10.6 Å². The molecule has 1 heterocycles. The van der Waals surface area contributed by atoms with E-state index in [0.29, 0.717) is 26.1 Å². The van der Waals surface area contributed by atoms with Gasteiger partial charge >= 0.3 is 0 Å². The van der Waals surface area contributed by atoms with Crippen molar-refractivity contribution in [2.45, 2.75) is 26.7 Å². The molecular weight excluding hydrogens is 224 g/mol. The number of carbonyl (C=O) groups excluding carboxylic acids is 1. The van der Waals surface area contributed by atoms with Crippen LogP contribution in [0.25, 0.3) is 0 Å². The molecular formula is C11H18N2O4. The molecule has 96 valence electrons. The first-order valence-electron chi connectivity index (χ1n) is 5.46.